The standard InChI is InChI=1S/C13H17N3O/c1-9-6-10(2)16(15-9)8-11-4-5-12(14)7-13(11)17-3/h4-7H,8,14H2,1-3H3. The molecule has 0 atom stereocenters. The lowest BCUT2D eigenvalue weighted by Crippen LogP contribution is -2.05. The van der Waals surface area contributed by atoms with Gasteiger partial charge in [0.15, 0.2) is 0 Å². The van der Waals surface area contributed by atoms with Gasteiger partial charge in [0, 0.05) is 23.0 Å². The highest BCUT2D eigenvalue weighted by atomic mass is 16.5. The summed E-state index contributed by atoms with van der Waals surface area (Å²) in [7, 11) is 1.65. The fourth-order valence-corrected chi connectivity index (χ4v) is 1.89. The van der Waals surface area contributed by atoms with Crippen molar-refractivity contribution >= 4 is 5.69 Å². The van der Waals surface area contributed by atoms with E-state index in [-0.39, 0.29) is 0 Å². The van der Waals surface area contributed by atoms with E-state index in [2.05, 4.69) is 11.2 Å². The first-order valence-corrected chi connectivity index (χ1v) is 5.53. The molecule has 2 aromatic rings. The maximum atomic E-state index is 5.73. The number of nitrogens with two attached hydrogens (primary N) is 1. The molecule has 0 aliphatic carbocycles. The molecule has 17 heavy (non-hydrogen) atoms. The minimum absolute atomic E-state index is 0.698. The number of aromatic nitrogens is 2. The van der Waals surface area contributed by atoms with E-state index in [0.717, 1.165) is 22.7 Å². The largest absolute Gasteiger partial charge is 0.496 e. The van der Waals surface area contributed by atoms with Gasteiger partial charge in [-0.2, -0.15) is 5.10 Å². The van der Waals surface area contributed by atoms with Crippen LogP contribution in [0.1, 0.15) is 17.0 Å². The van der Waals surface area contributed by atoms with Crippen LogP contribution in [0.5, 0.6) is 5.75 Å². The predicted molar refractivity (Wildman–Crippen MR) is 68.2 cm³/mol. The molecule has 0 bridgehead atoms. The Bertz CT molecular complexity index is 531. The van der Waals surface area contributed by atoms with Crippen molar-refractivity contribution in [1.82, 2.24) is 9.78 Å². The number of hydrogen-bond donors (Lipinski definition) is 1. The summed E-state index contributed by atoms with van der Waals surface area (Å²) in [5, 5.41) is 4.43. The molecular weight excluding hydrogens is 214 g/mol. The van der Waals surface area contributed by atoms with Gasteiger partial charge in [-0.3, -0.25) is 4.68 Å². The molecule has 4 nitrogen and oxygen atoms in total. The van der Waals surface area contributed by atoms with Gasteiger partial charge in [0.05, 0.1) is 19.3 Å². The highest BCUT2D eigenvalue weighted by Crippen LogP contribution is 2.22. The third-order valence-electron chi connectivity index (χ3n) is 2.73. The van der Waals surface area contributed by atoms with E-state index >= 15 is 0 Å². The van der Waals surface area contributed by atoms with Crippen molar-refractivity contribution in [3.05, 3.63) is 41.2 Å². The third kappa shape index (κ3) is 2.41. The van der Waals surface area contributed by atoms with Crippen LogP contribution < -0.4 is 10.5 Å². The number of rotatable bonds is 3. The molecule has 0 unspecified atom stereocenters. The monoisotopic (exact) mass is 231 g/mol. The molecule has 0 saturated heterocycles. The van der Waals surface area contributed by atoms with E-state index in [1.165, 1.54) is 0 Å². The molecule has 2 rings (SSSR count). The molecule has 0 aliphatic heterocycles. The van der Waals surface area contributed by atoms with Crippen LogP contribution in [0.25, 0.3) is 0 Å². The summed E-state index contributed by atoms with van der Waals surface area (Å²) in [5.41, 5.74) is 9.68. The van der Waals surface area contributed by atoms with Crippen molar-refractivity contribution in [2.45, 2.75) is 20.4 Å². The smallest absolute Gasteiger partial charge is 0.125 e. The normalized spacial score (nSPS) is 10.5. The lowest BCUT2D eigenvalue weighted by molar-refractivity contribution is 0.407. The number of nitrogen functional groups attached to an aromatic ring is 1. The number of ether oxygens (including phenoxy) is 1. The number of anilines is 1. The molecule has 1 aromatic carbocycles. The van der Waals surface area contributed by atoms with E-state index in [4.69, 9.17) is 10.5 Å². The van der Waals surface area contributed by atoms with Gasteiger partial charge >= 0.3 is 0 Å². The van der Waals surface area contributed by atoms with Crippen LogP contribution in [0.2, 0.25) is 0 Å². The Morgan fingerprint density at radius 2 is 2.06 bits per heavy atom. The summed E-state index contributed by atoms with van der Waals surface area (Å²) in [6, 6.07) is 7.75. The molecule has 2 N–H and O–H groups in total. The van der Waals surface area contributed by atoms with Crippen LogP contribution in [0.4, 0.5) is 5.69 Å². The molecule has 90 valence electrons. The van der Waals surface area contributed by atoms with Crippen molar-refractivity contribution < 1.29 is 4.74 Å². The summed E-state index contributed by atoms with van der Waals surface area (Å²) in [4.78, 5) is 0. The van der Waals surface area contributed by atoms with Crippen LogP contribution >= 0.6 is 0 Å². The first-order valence-electron chi connectivity index (χ1n) is 5.53. The van der Waals surface area contributed by atoms with Gasteiger partial charge < -0.3 is 10.5 Å². The lowest BCUT2D eigenvalue weighted by Gasteiger charge is -2.10. The first kappa shape index (κ1) is 11.5. The molecular formula is C13H17N3O. The lowest BCUT2D eigenvalue weighted by atomic mass is 10.2. The number of aryl methyl sites for hydroxylation is 2. The van der Waals surface area contributed by atoms with Gasteiger partial charge in [0.25, 0.3) is 0 Å². The number of hydrogen-bond acceptors (Lipinski definition) is 3. The molecule has 0 fully saturated rings. The maximum absolute atomic E-state index is 5.73. The zero-order chi connectivity index (χ0) is 12.4. The van der Waals surface area contributed by atoms with Gasteiger partial charge in [-0.05, 0) is 26.0 Å². The Kier molecular flexibility index (Phi) is 3.04. The minimum atomic E-state index is 0.698. The molecule has 0 amide bonds. The van der Waals surface area contributed by atoms with Gasteiger partial charge in [0.2, 0.25) is 0 Å². The fraction of sp³-hybridized carbons (Fsp3) is 0.308. The molecule has 4 heteroatoms. The Hall–Kier alpha value is -1.97. The second-order valence-electron chi connectivity index (χ2n) is 4.16. The fourth-order valence-electron chi connectivity index (χ4n) is 1.89. The average Bonchev–Trinajstić information content (AvgIpc) is 2.60. The topological polar surface area (TPSA) is 53.1 Å². The van der Waals surface area contributed by atoms with E-state index in [9.17, 15) is 0 Å². The first-order chi connectivity index (χ1) is 8.10. The highest BCUT2D eigenvalue weighted by Gasteiger charge is 2.07. The Balaban J connectivity index is 2.32. The van der Waals surface area contributed by atoms with Gasteiger partial charge in [-0.1, -0.05) is 6.07 Å². The van der Waals surface area contributed by atoms with Crippen molar-refractivity contribution in [2.75, 3.05) is 12.8 Å². The van der Waals surface area contributed by atoms with Gasteiger partial charge in [-0.25, -0.2) is 0 Å². The summed E-state index contributed by atoms with van der Waals surface area (Å²) < 4.78 is 7.29. The Morgan fingerprint density at radius 3 is 2.65 bits per heavy atom. The van der Waals surface area contributed by atoms with Gasteiger partial charge in [0.1, 0.15) is 5.75 Å². The van der Waals surface area contributed by atoms with Crippen LogP contribution in [-0.2, 0) is 6.54 Å². The zero-order valence-electron chi connectivity index (χ0n) is 10.4. The van der Waals surface area contributed by atoms with Crippen LogP contribution in [0.15, 0.2) is 24.3 Å². The molecule has 1 heterocycles. The zero-order valence-corrected chi connectivity index (χ0v) is 10.4. The summed E-state index contributed by atoms with van der Waals surface area (Å²) in [5.74, 6) is 0.803. The molecule has 0 spiro atoms. The summed E-state index contributed by atoms with van der Waals surface area (Å²) in [6.07, 6.45) is 0. The van der Waals surface area contributed by atoms with E-state index in [1.54, 1.807) is 7.11 Å². The van der Waals surface area contributed by atoms with Crippen molar-refractivity contribution in [3.8, 4) is 5.75 Å². The van der Waals surface area contributed by atoms with E-state index in [1.807, 2.05) is 36.7 Å². The number of methoxy groups -OCH3 is 1. The average molecular weight is 231 g/mol. The van der Waals surface area contributed by atoms with E-state index in [0.29, 0.717) is 12.2 Å². The highest BCUT2D eigenvalue weighted by molar-refractivity contribution is 5.48. The number of benzene rings is 1. The molecule has 1 aromatic heterocycles. The van der Waals surface area contributed by atoms with Crippen molar-refractivity contribution in [1.29, 1.82) is 0 Å². The Morgan fingerprint density at radius 1 is 1.29 bits per heavy atom. The van der Waals surface area contributed by atoms with Gasteiger partial charge in [-0.15, -0.1) is 0 Å². The van der Waals surface area contributed by atoms with Crippen LogP contribution in [-0.4, -0.2) is 16.9 Å². The molecule has 0 saturated carbocycles. The van der Waals surface area contributed by atoms with Crippen molar-refractivity contribution in [2.24, 2.45) is 0 Å². The predicted octanol–water partition coefficient (Wildman–Crippen LogP) is 2.14. The second-order valence-corrected chi connectivity index (χ2v) is 4.16. The Labute approximate surface area is 101 Å². The second kappa shape index (κ2) is 4.49. The molecule has 0 aliphatic rings. The SMILES string of the molecule is COc1cc(N)ccc1Cn1nc(C)cc1C. The quantitative estimate of drug-likeness (QED) is 0.823. The summed E-state index contributed by atoms with van der Waals surface area (Å²) in [6.45, 7) is 4.73. The van der Waals surface area contributed by atoms with E-state index < -0.39 is 0 Å². The summed E-state index contributed by atoms with van der Waals surface area (Å²) >= 11 is 0. The minimum Gasteiger partial charge on any atom is -0.496 e. The molecule has 0 radical (unpaired) electrons. The van der Waals surface area contributed by atoms with Crippen molar-refractivity contribution in [3.63, 3.8) is 0 Å². The maximum Gasteiger partial charge on any atom is 0.125 e. The number of nitrogens with zero attached hydrogens (tertiary/aromatic N) is 2. The van der Waals surface area contributed by atoms with Crippen LogP contribution in [0.3, 0.4) is 0 Å². The van der Waals surface area contributed by atoms with Crippen LogP contribution in [0, 0.1) is 13.8 Å². The third-order valence-corrected chi connectivity index (χ3v) is 2.73.